The molecule has 4 aromatic rings. The molecule has 0 bridgehead atoms. The smallest absolute Gasteiger partial charge is 1.00 e. The topological polar surface area (TPSA) is 0 Å². The van der Waals surface area contributed by atoms with Gasteiger partial charge in [-0.25, -0.2) is 0 Å². The summed E-state index contributed by atoms with van der Waals surface area (Å²) in [7, 11) is -0.446. The third kappa shape index (κ3) is 9.77. The molecule has 0 nitrogen and oxygen atoms in total. The first kappa shape index (κ1) is 32.1. The molecule has 34 heavy (non-hydrogen) atoms. The minimum atomic E-state index is -0.446. The van der Waals surface area contributed by atoms with Gasteiger partial charge in [-0.1, -0.05) is 131 Å². The second-order valence-electron chi connectivity index (χ2n) is 7.67. The van der Waals surface area contributed by atoms with E-state index in [4.69, 9.17) is 0 Å². The average Bonchev–Trinajstić information content (AvgIpc) is 3.07. The molecule has 0 spiro atoms. The first-order chi connectivity index (χ1) is 15.5. The summed E-state index contributed by atoms with van der Waals surface area (Å²) in [5, 5.41) is 4.19. The van der Waals surface area contributed by atoms with Gasteiger partial charge in [0.25, 0.3) is 0 Å². The van der Waals surface area contributed by atoms with Crippen LogP contribution in [0.25, 0.3) is 0 Å². The normalized spacial score (nSPS) is 9.74. The van der Waals surface area contributed by atoms with E-state index in [9.17, 15) is 0 Å². The Labute approximate surface area is 228 Å². The maximum Gasteiger partial charge on any atom is 3.00 e. The second kappa shape index (κ2) is 17.5. The molecule has 4 rings (SSSR count). The molecule has 3 heteroatoms. The van der Waals surface area contributed by atoms with Gasteiger partial charge < -0.3 is 12.4 Å². The predicted octanol–water partition coefficient (Wildman–Crippen LogP) is 4.48. The average molecular weight is 666 g/mol. The van der Waals surface area contributed by atoms with Gasteiger partial charge >= 0.3 is 20.1 Å². The first-order valence-corrected chi connectivity index (χ1v) is 12.4. The number of rotatable bonds is 3. The van der Waals surface area contributed by atoms with Crippen LogP contribution in [0.4, 0.5) is 0 Å². The fourth-order valence-electron chi connectivity index (χ4n) is 3.31. The van der Waals surface area contributed by atoms with Gasteiger partial charge in [0, 0.05) is 0 Å². The van der Waals surface area contributed by atoms with Crippen molar-refractivity contribution < 1.29 is 32.5 Å². The van der Waals surface area contributed by atoms with Gasteiger partial charge in [-0.2, -0.15) is 28.3 Å². The quantitative estimate of drug-likeness (QED) is 0.224. The fourth-order valence-corrected chi connectivity index (χ4v) is 5.62. The van der Waals surface area contributed by atoms with Crippen LogP contribution in [0.1, 0.15) is 29.2 Å². The minimum Gasteiger partial charge on any atom is -1.00 e. The Morgan fingerprint density at radius 1 is 0.706 bits per heavy atom. The van der Waals surface area contributed by atoms with E-state index < -0.39 is 7.92 Å². The van der Waals surface area contributed by atoms with Crippen LogP contribution >= 0.6 is 7.92 Å². The zero-order valence-electron chi connectivity index (χ0n) is 20.8. The van der Waals surface area contributed by atoms with Crippen LogP contribution in [0.3, 0.4) is 0 Å². The largest absolute Gasteiger partial charge is 3.00 e. The van der Waals surface area contributed by atoms with Gasteiger partial charge in [0.1, 0.15) is 0 Å². The first-order valence-electron chi connectivity index (χ1n) is 11.0. The van der Waals surface area contributed by atoms with E-state index in [1.807, 2.05) is 13.0 Å². The molecule has 0 aliphatic carbocycles. The van der Waals surface area contributed by atoms with Crippen molar-refractivity contribution >= 4 is 23.8 Å². The number of hydrogen-bond acceptors (Lipinski definition) is 0. The predicted molar refractivity (Wildman–Crippen MR) is 146 cm³/mol. The molecule has 179 valence electrons. The number of benzene rings is 3. The van der Waals surface area contributed by atoms with Crippen molar-refractivity contribution in [2.24, 2.45) is 0 Å². The Balaban J connectivity index is 0.000000614. The molecule has 0 N–H and O–H groups in total. The van der Waals surface area contributed by atoms with E-state index in [0.29, 0.717) is 0 Å². The third-order valence-corrected chi connectivity index (χ3v) is 7.90. The Hall–Kier alpha value is -1.88. The zero-order valence-corrected chi connectivity index (χ0v) is 24.8. The Morgan fingerprint density at radius 3 is 1.21 bits per heavy atom. The van der Waals surface area contributed by atoms with Crippen molar-refractivity contribution in [3.8, 4) is 0 Å². The molecule has 0 unspecified atom stereocenters. The Bertz CT molecular complexity index is 950. The number of allylic oxidation sites excluding steroid dienone is 2. The van der Waals surface area contributed by atoms with E-state index in [2.05, 4.69) is 132 Å². The summed E-state index contributed by atoms with van der Waals surface area (Å²) in [5.41, 5.74) is 5.75. The van der Waals surface area contributed by atoms with Crippen molar-refractivity contribution in [3.05, 3.63) is 138 Å². The van der Waals surface area contributed by atoms with Crippen LogP contribution in [0.15, 0.2) is 109 Å². The summed E-state index contributed by atoms with van der Waals surface area (Å²) in [6, 6.07) is 34.6. The van der Waals surface area contributed by atoms with Crippen molar-refractivity contribution in [1.29, 1.82) is 0 Å². The van der Waals surface area contributed by atoms with Crippen LogP contribution < -0.4 is 28.3 Å². The molecule has 0 heterocycles. The molecule has 0 fully saturated rings. The second-order valence-corrected chi connectivity index (χ2v) is 9.89. The van der Waals surface area contributed by atoms with Gasteiger partial charge in [-0.05, 0) is 37.7 Å². The molecule has 0 atom stereocenters. The monoisotopic (exact) mass is 666 g/mol. The molecule has 0 aliphatic heterocycles. The van der Waals surface area contributed by atoms with Crippen molar-refractivity contribution in [3.63, 3.8) is 0 Å². The molecule has 1 radical (unpaired) electrons. The number of hydrogen-bond donors (Lipinski definition) is 0. The maximum atomic E-state index is 3.42. The van der Waals surface area contributed by atoms with Crippen LogP contribution in [0, 0.1) is 34.6 Å². The van der Waals surface area contributed by atoms with Crippen LogP contribution in [-0.2, 0) is 20.1 Å². The molecule has 0 aliphatic rings. The molecule has 0 saturated heterocycles. The molecule has 4 aromatic carbocycles. The van der Waals surface area contributed by atoms with E-state index in [0.717, 1.165) is 0 Å². The number of aryl methyl sites for hydroxylation is 2. The molecule has 0 aromatic heterocycles. The minimum absolute atomic E-state index is 0. The van der Waals surface area contributed by atoms with Gasteiger partial charge in [-0.3, -0.25) is 0 Å². The van der Waals surface area contributed by atoms with E-state index in [-0.39, 0.29) is 32.5 Å². The fraction of sp³-hybridized carbons (Fsp3) is 0.161. The van der Waals surface area contributed by atoms with Gasteiger partial charge in [0.2, 0.25) is 0 Å². The summed E-state index contributed by atoms with van der Waals surface area (Å²) in [5.74, 6) is 0. The van der Waals surface area contributed by atoms with E-state index >= 15 is 0 Å². The van der Waals surface area contributed by atoms with Crippen molar-refractivity contribution in [2.45, 2.75) is 34.6 Å². The van der Waals surface area contributed by atoms with E-state index in [1.54, 1.807) is 6.08 Å². The molecule has 0 saturated carbocycles. The maximum absolute atomic E-state index is 3.42. The standard InChI is InChI=1S/C18H15P.C9H13.C4H7.ClH.Ir/c1-4-10-16(11-5-1)19(17-12-6-2-7-13-17)18-14-8-3-9-15-18;1-6-5-7(2)9(4)8(6)3;1-3-4-2;;/h1-15H;5H,1-4H3;3-4H,1H2,2H3;1H;/q;-1;;;+3/p-1/b;;4-3+;;. The Kier molecular flexibility index (Phi) is 16.6. The van der Waals surface area contributed by atoms with Crippen LogP contribution in [0.5, 0.6) is 0 Å². The Morgan fingerprint density at radius 2 is 1.03 bits per heavy atom. The summed E-state index contributed by atoms with van der Waals surface area (Å²) >= 11 is 0. The van der Waals surface area contributed by atoms with Gasteiger partial charge in [0.15, 0.2) is 0 Å². The van der Waals surface area contributed by atoms with Gasteiger partial charge in [0.05, 0.1) is 0 Å². The van der Waals surface area contributed by atoms with E-state index in [1.165, 1.54) is 38.2 Å². The van der Waals surface area contributed by atoms with Crippen molar-refractivity contribution in [1.82, 2.24) is 0 Å². The zero-order chi connectivity index (χ0) is 23.3. The summed E-state index contributed by atoms with van der Waals surface area (Å²) in [6.45, 7) is 14.0. The van der Waals surface area contributed by atoms with Crippen molar-refractivity contribution in [2.75, 3.05) is 0 Å². The third-order valence-electron chi connectivity index (χ3n) is 5.46. The molecular formula is C31H35ClIrP+. The summed E-state index contributed by atoms with van der Waals surface area (Å²) in [4.78, 5) is 0. The van der Waals surface area contributed by atoms with Gasteiger partial charge in [-0.15, -0.1) is 0 Å². The van der Waals surface area contributed by atoms with Crippen LogP contribution in [-0.4, -0.2) is 0 Å². The molecular weight excluding hydrogens is 631 g/mol. The van der Waals surface area contributed by atoms with Crippen LogP contribution in [0.2, 0.25) is 0 Å². The SMILES string of the molecule is Cc1c[c-](C)c(C)c1C.[CH2]/C=C/C.[Cl-].[Ir+3].c1ccc(P(c2ccccc2)c2ccccc2)cc1. The molecule has 0 amide bonds. The summed E-state index contributed by atoms with van der Waals surface area (Å²) in [6.07, 6.45) is 3.64. The number of halogens is 1. The summed E-state index contributed by atoms with van der Waals surface area (Å²) < 4.78 is 0.